The molecule has 1 saturated carbocycles. The van der Waals surface area contributed by atoms with Crippen molar-refractivity contribution in [2.45, 2.75) is 18.8 Å². The highest BCUT2D eigenvalue weighted by atomic mass is 16.5. The summed E-state index contributed by atoms with van der Waals surface area (Å²) in [6.07, 6.45) is 2.28. The summed E-state index contributed by atoms with van der Waals surface area (Å²) >= 11 is 0. The average Bonchev–Trinajstić information content (AvgIpc) is 3.39. The van der Waals surface area contributed by atoms with Crippen LogP contribution in [0.5, 0.6) is 5.75 Å². The van der Waals surface area contributed by atoms with E-state index in [1.54, 1.807) is 19.2 Å². The monoisotopic (exact) mass is 323 g/mol. The number of pyridine rings is 1. The lowest BCUT2D eigenvalue weighted by molar-refractivity contribution is 0.0601. The molecule has 2 aromatic heterocycles. The molecule has 0 unspecified atom stereocenters. The fraction of sp³-hybridized carbons (Fsp3) is 0.278. The molecule has 0 atom stereocenters. The smallest absolute Gasteiger partial charge is 0.337 e. The first-order chi connectivity index (χ1) is 11.7. The number of hydrogen-bond acceptors (Lipinski definition) is 5. The summed E-state index contributed by atoms with van der Waals surface area (Å²) in [4.78, 5) is 16.2. The number of aromatic nitrogens is 3. The van der Waals surface area contributed by atoms with Crippen molar-refractivity contribution in [2.75, 3.05) is 14.2 Å². The number of nitrogens with zero attached hydrogens (tertiary/aromatic N) is 3. The van der Waals surface area contributed by atoms with Crippen LogP contribution in [0.15, 0.2) is 36.4 Å². The van der Waals surface area contributed by atoms with E-state index >= 15 is 0 Å². The first-order valence-electron chi connectivity index (χ1n) is 7.83. The van der Waals surface area contributed by atoms with Crippen LogP contribution in [-0.4, -0.2) is 34.8 Å². The van der Waals surface area contributed by atoms with E-state index in [-0.39, 0.29) is 5.97 Å². The van der Waals surface area contributed by atoms with Crippen LogP contribution >= 0.6 is 0 Å². The van der Waals surface area contributed by atoms with Crippen molar-refractivity contribution in [3.05, 3.63) is 47.8 Å². The molecular weight excluding hydrogens is 306 g/mol. The highest BCUT2D eigenvalue weighted by Crippen LogP contribution is 2.39. The molecule has 0 spiro atoms. The van der Waals surface area contributed by atoms with Crippen LogP contribution < -0.4 is 4.74 Å². The fourth-order valence-electron chi connectivity index (χ4n) is 2.74. The molecule has 0 bridgehead atoms. The van der Waals surface area contributed by atoms with Gasteiger partial charge in [0, 0.05) is 11.5 Å². The van der Waals surface area contributed by atoms with E-state index in [9.17, 15) is 4.79 Å². The van der Waals surface area contributed by atoms with Gasteiger partial charge < -0.3 is 9.47 Å². The van der Waals surface area contributed by atoms with Gasteiger partial charge in [-0.3, -0.25) is 0 Å². The van der Waals surface area contributed by atoms with Crippen LogP contribution in [0.3, 0.4) is 0 Å². The van der Waals surface area contributed by atoms with Crippen LogP contribution in [0.1, 0.15) is 34.9 Å². The molecule has 0 saturated heterocycles. The number of benzene rings is 1. The fourth-order valence-corrected chi connectivity index (χ4v) is 2.74. The molecule has 24 heavy (non-hydrogen) atoms. The van der Waals surface area contributed by atoms with Crippen molar-refractivity contribution in [3.63, 3.8) is 0 Å². The molecule has 2 heterocycles. The summed E-state index contributed by atoms with van der Waals surface area (Å²) in [7, 11) is 3.00. The molecule has 1 aromatic carbocycles. The van der Waals surface area contributed by atoms with Crippen LogP contribution in [0.25, 0.3) is 16.9 Å². The van der Waals surface area contributed by atoms with E-state index in [1.165, 1.54) is 7.11 Å². The number of carbonyl (C=O) groups excluding carboxylic acids is 1. The first-order valence-corrected chi connectivity index (χ1v) is 7.83. The molecule has 0 N–H and O–H groups in total. The summed E-state index contributed by atoms with van der Waals surface area (Å²) < 4.78 is 12.0. The number of rotatable bonds is 4. The van der Waals surface area contributed by atoms with Crippen molar-refractivity contribution in [3.8, 4) is 17.0 Å². The van der Waals surface area contributed by atoms with Crippen LogP contribution in [-0.2, 0) is 4.74 Å². The lowest BCUT2D eigenvalue weighted by atomic mass is 10.1. The molecule has 6 nitrogen and oxygen atoms in total. The Kier molecular flexibility index (Phi) is 3.45. The topological polar surface area (TPSA) is 65.7 Å². The van der Waals surface area contributed by atoms with Crippen molar-refractivity contribution in [2.24, 2.45) is 0 Å². The second-order valence-electron chi connectivity index (χ2n) is 5.84. The number of esters is 1. The Labute approximate surface area is 139 Å². The van der Waals surface area contributed by atoms with Crippen molar-refractivity contribution in [1.82, 2.24) is 14.6 Å². The van der Waals surface area contributed by atoms with Crippen LogP contribution in [0, 0.1) is 0 Å². The van der Waals surface area contributed by atoms with Crippen molar-refractivity contribution < 1.29 is 14.3 Å². The van der Waals surface area contributed by atoms with E-state index in [2.05, 4.69) is 10.1 Å². The highest BCUT2D eigenvalue weighted by Gasteiger charge is 2.29. The number of ether oxygens (including phenoxy) is 2. The van der Waals surface area contributed by atoms with Gasteiger partial charge in [0.25, 0.3) is 0 Å². The third kappa shape index (κ3) is 2.40. The van der Waals surface area contributed by atoms with E-state index in [1.807, 2.05) is 28.8 Å². The molecule has 122 valence electrons. The van der Waals surface area contributed by atoms with Gasteiger partial charge in [0.1, 0.15) is 0 Å². The Morgan fingerprint density at radius 2 is 1.88 bits per heavy atom. The SMILES string of the molecule is COC(=O)c1ccc(-c2ccc(OC)c3nc(C4CC4)nn23)cc1. The van der Waals surface area contributed by atoms with Crippen LogP contribution in [0.4, 0.5) is 0 Å². The maximum Gasteiger partial charge on any atom is 0.337 e. The third-order valence-electron chi connectivity index (χ3n) is 4.23. The van der Waals surface area contributed by atoms with Gasteiger partial charge in [-0.15, -0.1) is 0 Å². The quantitative estimate of drug-likeness (QED) is 0.690. The predicted octanol–water partition coefficient (Wildman–Crippen LogP) is 3.07. The van der Waals surface area contributed by atoms with Gasteiger partial charge in [-0.1, -0.05) is 12.1 Å². The largest absolute Gasteiger partial charge is 0.493 e. The molecule has 3 aromatic rings. The first kappa shape index (κ1) is 14.7. The molecule has 0 amide bonds. The van der Waals surface area contributed by atoms with Gasteiger partial charge in [-0.25, -0.2) is 14.3 Å². The zero-order valence-corrected chi connectivity index (χ0v) is 13.5. The molecule has 0 aliphatic heterocycles. The van der Waals surface area contributed by atoms with E-state index in [0.717, 1.165) is 29.9 Å². The Hall–Kier alpha value is -2.89. The lowest BCUT2D eigenvalue weighted by Crippen LogP contribution is -2.01. The van der Waals surface area contributed by atoms with Gasteiger partial charge in [-0.05, 0) is 37.1 Å². The minimum absolute atomic E-state index is 0.349. The summed E-state index contributed by atoms with van der Waals surface area (Å²) in [6.45, 7) is 0. The van der Waals surface area contributed by atoms with Gasteiger partial charge in [0.15, 0.2) is 17.2 Å². The van der Waals surface area contributed by atoms with E-state index < -0.39 is 0 Å². The van der Waals surface area contributed by atoms with Gasteiger partial charge in [0.2, 0.25) is 0 Å². The van der Waals surface area contributed by atoms with Crippen molar-refractivity contribution in [1.29, 1.82) is 0 Å². The predicted molar refractivity (Wildman–Crippen MR) is 88.3 cm³/mol. The molecule has 1 aliphatic rings. The number of hydrogen-bond donors (Lipinski definition) is 0. The van der Waals surface area contributed by atoms with Gasteiger partial charge in [0.05, 0.1) is 25.5 Å². The lowest BCUT2D eigenvalue weighted by Gasteiger charge is -2.08. The summed E-state index contributed by atoms with van der Waals surface area (Å²) in [5.74, 6) is 1.68. The Morgan fingerprint density at radius 1 is 1.12 bits per heavy atom. The third-order valence-corrected chi connectivity index (χ3v) is 4.23. The molecule has 4 rings (SSSR count). The van der Waals surface area contributed by atoms with Gasteiger partial charge >= 0.3 is 5.97 Å². The standard InChI is InChI=1S/C18H17N3O3/c1-23-15-10-9-14(11-3-7-13(8-4-11)18(22)24-2)21-17(15)19-16(20-21)12-5-6-12/h3-4,7-10,12H,5-6H2,1-2H3. The molecule has 1 aliphatic carbocycles. The molecule has 0 radical (unpaired) electrons. The average molecular weight is 323 g/mol. The van der Waals surface area contributed by atoms with Crippen LogP contribution in [0.2, 0.25) is 0 Å². The molecule has 6 heteroatoms. The number of carbonyl (C=O) groups is 1. The second kappa shape index (κ2) is 5.63. The molecular formula is C18H17N3O3. The Morgan fingerprint density at radius 3 is 2.50 bits per heavy atom. The Bertz CT molecular complexity index is 911. The van der Waals surface area contributed by atoms with E-state index in [0.29, 0.717) is 22.9 Å². The zero-order chi connectivity index (χ0) is 16.7. The van der Waals surface area contributed by atoms with Gasteiger partial charge in [-0.2, -0.15) is 5.10 Å². The zero-order valence-electron chi connectivity index (χ0n) is 13.5. The number of methoxy groups -OCH3 is 2. The second-order valence-corrected chi connectivity index (χ2v) is 5.84. The minimum Gasteiger partial charge on any atom is -0.493 e. The van der Waals surface area contributed by atoms with E-state index in [4.69, 9.17) is 9.47 Å². The summed E-state index contributed by atoms with van der Waals surface area (Å²) in [5, 5.41) is 4.67. The maximum absolute atomic E-state index is 11.6. The maximum atomic E-state index is 11.6. The van der Waals surface area contributed by atoms with Crippen molar-refractivity contribution >= 4 is 11.6 Å². The summed E-state index contributed by atoms with van der Waals surface area (Å²) in [5.41, 5.74) is 3.08. The Balaban J connectivity index is 1.82. The number of fused-ring (bicyclic) bond motifs is 1. The normalized spacial score (nSPS) is 13.9. The minimum atomic E-state index is -0.349. The highest BCUT2D eigenvalue weighted by molar-refractivity contribution is 5.89. The summed E-state index contributed by atoms with van der Waals surface area (Å²) in [6, 6.07) is 11.1. The molecule has 1 fully saturated rings.